The first-order valence-electron chi connectivity index (χ1n) is 3.92. The molecule has 0 saturated carbocycles. The minimum absolute atomic E-state index is 0.193. The SMILES string of the molecule is CCOC(=O)C(S)=C(S)SCCC#N. The van der Waals surface area contributed by atoms with Crippen LogP contribution in [0.4, 0.5) is 0 Å². The van der Waals surface area contributed by atoms with Crippen LogP contribution in [0.3, 0.4) is 0 Å². The van der Waals surface area contributed by atoms with Crippen LogP contribution in [0.2, 0.25) is 0 Å². The number of carbonyl (C=O) groups is 1. The fourth-order valence-electron chi connectivity index (χ4n) is 0.548. The van der Waals surface area contributed by atoms with Crippen LogP contribution in [-0.2, 0) is 9.53 Å². The van der Waals surface area contributed by atoms with E-state index in [2.05, 4.69) is 25.3 Å². The van der Waals surface area contributed by atoms with Gasteiger partial charge in [-0.1, -0.05) is 0 Å². The predicted octanol–water partition coefficient (Wildman–Crippen LogP) is 2.23. The number of esters is 1. The largest absolute Gasteiger partial charge is 0.462 e. The molecule has 0 rings (SSSR count). The van der Waals surface area contributed by atoms with Crippen LogP contribution in [0.15, 0.2) is 9.14 Å². The second-order valence-corrected chi connectivity index (χ2v) is 4.43. The van der Waals surface area contributed by atoms with E-state index in [1.165, 1.54) is 11.8 Å². The maximum Gasteiger partial charge on any atom is 0.346 e. The van der Waals surface area contributed by atoms with Crippen molar-refractivity contribution in [2.24, 2.45) is 0 Å². The molecule has 0 spiro atoms. The highest BCUT2D eigenvalue weighted by molar-refractivity contribution is 8.16. The summed E-state index contributed by atoms with van der Waals surface area (Å²) in [6, 6.07) is 2.00. The molecule has 0 heterocycles. The number of hydrogen-bond acceptors (Lipinski definition) is 6. The van der Waals surface area contributed by atoms with Crippen molar-refractivity contribution in [1.82, 2.24) is 0 Å². The van der Waals surface area contributed by atoms with Crippen LogP contribution in [0.25, 0.3) is 0 Å². The molecule has 0 fully saturated rings. The van der Waals surface area contributed by atoms with Gasteiger partial charge in [0.1, 0.15) is 4.91 Å². The van der Waals surface area contributed by atoms with E-state index >= 15 is 0 Å². The highest BCUT2D eigenvalue weighted by Gasteiger charge is 2.10. The van der Waals surface area contributed by atoms with Crippen molar-refractivity contribution in [2.75, 3.05) is 12.4 Å². The van der Waals surface area contributed by atoms with E-state index in [1.807, 2.05) is 6.07 Å². The zero-order valence-corrected chi connectivity index (χ0v) is 10.3. The van der Waals surface area contributed by atoms with Gasteiger partial charge in [-0.15, -0.1) is 37.0 Å². The van der Waals surface area contributed by atoms with Crippen molar-refractivity contribution >= 4 is 43.0 Å². The molecule has 0 saturated heterocycles. The lowest BCUT2D eigenvalue weighted by molar-refractivity contribution is -0.137. The van der Waals surface area contributed by atoms with E-state index in [0.717, 1.165) is 0 Å². The van der Waals surface area contributed by atoms with E-state index in [0.29, 0.717) is 23.0 Å². The first-order chi connectivity index (χ1) is 6.63. The molecule has 0 aromatic heterocycles. The Kier molecular flexibility index (Phi) is 7.95. The number of nitriles is 1. The monoisotopic (exact) mass is 249 g/mol. The summed E-state index contributed by atoms with van der Waals surface area (Å²) in [5, 5.41) is 8.30. The fraction of sp³-hybridized carbons (Fsp3) is 0.500. The third kappa shape index (κ3) is 5.47. The Labute approximate surface area is 98.7 Å². The van der Waals surface area contributed by atoms with Crippen LogP contribution in [0.1, 0.15) is 13.3 Å². The molecule has 0 aliphatic heterocycles. The second-order valence-electron chi connectivity index (χ2n) is 2.13. The molecular weight excluding hydrogens is 238 g/mol. The molecule has 0 aromatic carbocycles. The molecule has 0 unspecified atom stereocenters. The van der Waals surface area contributed by atoms with Gasteiger partial charge in [0.15, 0.2) is 0 Å². The highest BCUT2D eigenvalue weighted by atomic mass is 32.2. The van der Waals surface area contributed by atoms with Gasteiger partial charge >= 0.3 is 5.97 Å². The van der Waals surface area contributed by atoms with Gasteiger partial charge < -0.3 is 4.74 Å². The van der Waals surface area contributed by atoms with Crippen LogP contribution in [0.5, 0.6) is 0 Å². The second kappa shape index (κ2) is 8.09. The minimum atomic E-state index is -0.481. The van der Waals surface area contributed by atoms with Gasteiger partial charge in [-0.3, -0.25) is 0 Å². The molecule has 3 nitrogen and oxygen atoms in total. The number of rotatable bonds is 5. The molecule has 78 valence electrons. The van der Waals surface area contributed by atoms with E-state index in [1.54, 1.807) is 6.92 Å². The maximum absolute atomic E-state index is 11.1. The summed E-state index contributed by atoms with van der Waals surface area (Å²) in [5.74, 6) is 0.115. The Morgan fingerprint density at radius 3 is 2.71 bits per heavy atom. The van der Waals surface area contributed by atoms with Gasteiger partial charge in [-0.2, -0.15) is 5.26 Å². The smallest absolute Gasteiger partial charge is 0.346 e. The fourth-order valence-corrected chi connectivity index (χ4v) is 1.78. The molecular formula is C8H11NO2S3. The lowest BCUT2D eigenvalue weighted by atomic mass is 10.6. The van der Waals surface area contributed by atoms with Crippen molar-refractivity contribution in [1.29, 1.82) is 5.26 Å². The third-order valence-corrected chi connectivity index (χ3v) is 3.35. The molecule has 0 aliphatic rings. The molecule has 0 aliphatic carbocycles. The van der Waals surface area contributed by atoms with Gasteiger partial charge in [0, 0.05) is 12.2 Å². The van der Waals surface area contributed by atoms with Crippen LogP contribution in [0, 0.1) is 11.3 Å². The summed E-state index contributed by atoms with van der Waals surface area (Å²) < 4.78 is 5.22. The molecule has 0 amide bonds. The molecule has 0 radical (unpaired) electrons. The molecule has 0 atom stereocenters. The zero-order valence-electron chi connectivity index (χ0n) is 7.69. The number of ether oxygens (including phenoxy) is 1. The Morgan fingerprint density at radius 2 is 2.21 bits per heavy atom. The maximum atomic E-state index is 11.1. The van der Waals surface area contributed by atoms with Gasteiger partial charge in [0.05, 0.1) is 16.9 Å². The summed E-state index contributed by atoms with van der Waals surface area (Å²) in [6.45, 7) is 2.03. The number of thioether (sulfide) groups is 1. The first-order valence-corrected chi connectivity index (χ1v) is 5.80. The Morgan fingerprint density at radius 1 is 1.57 bits per heavy atom. The van der Waals surface area contributed by atoms with E-state index in [9.17, 15) is 4.79 Å². The number of hydrogen-bond donors (Lipinski definition) is 2. The van der Waals surface area contributed by atoms with E-state index in [4.69, 9.17) is 10.00 Å². The third-order valence-electron chi connectivity index (χ3n) is 1.12. The van der Waals surface area contributed by atoms with Gasteiger partial charge in [0.25, 0.3) is 0 Å². The lowest BCUT2D eigenvalue weighted by Crippen LogP contribution is -2.04. The van der Waals surface area contributed by atoms with Crippen LogP contribution >= 0.6 is 37.0 Å². The Balaban J connectivity index is 4.15. The van der Waals surface area contributed by atoms with Crippen molar-refractivity contribution in [3.63, 3.8) is 0 Å². The van der Waals surface area contributed by atoms with Crippen molar-refractivity contribution < 1.29 is 9.53 Å². The normalized spacial score (nSPS) is 11.6. The van der Waals surface area contributed by atoms with Crippen LogP contribution in [-0.4, -0.2) is 18.3 Å². The average Bonchev–Trinajstić information content (AvgIpc) is 2.17. The van der Waals surface area contributed by atoms with Gasteiger partial charge in [-0.25, -0.2) is 4.79 Å². The molecule has 0 aromatic rings. The summed E-state index contributed by atoms with van der Waals surface area (Å²) in [6.07, 6.45) is 0.415. The Bertz CT molecular complexity index is 270. The summed E-state index contributed by atoms with van der Waals surface area (Å²) >= 11 is 9.37. The first kappa shape index (κ1) is 13.8. The average molecular weight is 249 g/mol. The molecule has 0 bridgehead atoms. The highest BCUT2D eigenvalue weighted by Crippen LogP contribution is 2.26. The number of carbonyl (C=O) groups excluding carboxylic acids is 1. The van der Waals surface area contributed by atoms with Crippen molar-refractivity contribution in [3.8, 4) is 6.07 Å². The molecule has 6 heteroatoms. The zero-order chi connectivity index (χ0) is 11.0. The quantitative estimate of drug-likeness (QED) is 0.339. The van der Waals surface area contributed by atoms with Gasteiger partial charge in [0.2, 0.25) is 0 Å². The predicted molar refractivity (Wildman–Crippen MR) is 64.3 cm³/mol. The standard InChI is InChI=1S/C8H11NO2S3/c1-2-11-7(10)6(12)8(13)14-5-3-4-9/h12-13H,2-3,5H2,1H3. The van der Waals surface area contributed by atoms with E-state index < -0.39 is 5.97 Å². The lowest BCUT2D eigenvalue weighted by Gasteiger charge is -2.03. The van der Waals surface area contributed by atoms with Crippen molar-refractivity contribution in [2.45, 2.75) is 13.3 Å². The summed E-state index contributed by atoms with van der Waals surface area (Å²) in [5.41, 5.74) is 0. The Hall–Kier alpha value is -0.250. The molecule has 0 N–H and O–H groups in total. The summed E-state index contributed by atoms with van der Waals surface area (Å²) in [7, 11) is 0. The topological polar surface area (TPSA) is 50.1 Å². The van der Waals surface area contributed by atoms with Crippen molar-refractivity contribution in [3.05, 3.63) is 9.14 Å². The number of nitrogens with zero attached hydrogens (tertiary/aromatic N) is 1. The molecule has 14 heavy (non-hydrogen) atoms. The minimum Gasteiger partial charge on any atom is -0.462 e. The number of thiol groups is 2. The van der Waals surface area contributed by atoms with Gasteiger partial charge in [-0.05, 0) is 6.92 Å². The van der Waals surface area contributed by atoms with Crippen LogP contribution < -0.4 is 0 Å². The summed E-state index contributed by atoms with van der Waals surface area (Å²) in [4.78, 5) is 11.3. The van der Waals surface area contributed by atoms with E-state index in [-0.39, 0.29) is 4.91 Å².